The zero-order valence-corrected chi connectivity index (χ0v) is 10.9. The van der Waals surface area contributed by atoms with Crippen LogP contribution in [0.2, 0.25) is 0 Å². The van der Waals surface area contributed by atoms with Crippen molar-refractivity contribution in [1.82, 2.24) is 9.97 Å². The molecule has 5 heteroatoms. The number of nitrogens with two attached hydrogens (primary N) is 1. The first kappa shape index (κ1) is 12.1. The van der Waals surface area contributed by atoms with Crippen LogP contribution in [0.25, 0.3) is 0 Å². The predicted molar refractivity (Wildman–Crippen MR) is 69.8 cm³/mol. The zero-order valence-electron chi connectivity index (χ0n) is 9.32. The molecule has 17 heavy (non-hydrogen) atoms. The van der Waals surface area contributed by atoms with Gasteiger partial charge in [-0.3, -0.25) is 0 Å². The molecule has 3 N–H and O–H groups in total. The average molecular weight is 296 g/mol. The predicted octanol–water partition coefficient (Wildman–Crippen LogP) is 2.25. The third-order valence-corrected chi connectivity index (χ3v) is 2.76. The fourth-order valence-electron chi connectivity index (χ4n) is 1.47. The molecule has 0 fully saturated rings. The zero-order chi connectivity index (χ0) is 12.1. The number of benzene rings is 1. The molecule has 0 radical (unpaired) electrons. The van der Waals surface area contributed by atoms with Crippen molar-refractivity contribution < 1.29 is 4.74 Å². The summed E-state index contributed by atoms with van der Waals surface area (Å²) in [7, 11) is 0. The molecule has 0 bridgehead atoms. The van der Waals surface area contributed by atoms with Gasteiger partial charge in [-0.2, -0.15) is 0 Å². The number of aromatic nitrogens is 2. The molecule has 0 atom stereocenters. The Balaban J connectivity index is 1.93. The second-order valence-electron chi connectivity index (χ2n) is 3.64. The molecule has 1 aromatic heterocycles. The molecule has 0 spiro atoms. The number of rotatable bonds is 5. The molecule has 1 aromatic carbocycles. The lowest BCUT2D eigenvalue weighted by Gasteiger charge is -2.04. The summed E-state index contributed by atoms with van der Waals surface area (Å²) in [5, 5.41) is 0. The van der Waals surface area contributed by atoms with Crippen molar-refractivity contribution in [1.29, 1.82) is 0 Å². The number of imidazole rings is 1. The van der Waals surface area contributed by atoms with Crippen molar-refractivity contribution in [2.75, 3.05) is 6.54 Å². The summed E-state index contributed by atoms with van der Waals surface area (Å²) in [4.78, 5) is 7.40. The molecule has 4 nitrogen and oxygen atoms in total. The van der Waals surface area contributed by atoms with E-state index in [1.807, 2.05) is 24.3 Å². The molecule has 1 heterocycles. The van der Waals surface area contributed by atoms with E-state index in [0.29, 0.717) is 13.2 Å². The van der Waals surface area contributed by atoms with E-state index < -0.39 is 0 Å². The first-order chi connectivity index (χ1) is 8.28. The van der Waals surface area contributed by atoms with Crippen molar-refractivity contribution in [2.45, 2.75) is 13.0 Å². The molecule has 0 saturated carbocycles. The Hall–Kier alpha value is -1.33. The van der Waals surface area contributed by atoms with Crippen LogP contribution >= 0.6 is 15.9 Å². The minimum Gasteiger partial charge on any atom is -0.486 e. The van der Waals surface area contributed by atoms with Gasteiger partial charge in [-0.25, -0.2) is 4.98 Å². The van der Waals surface area contributed by atoms with Crippen LogP contribution in [0.3, 0.4) is 0 Å². The van der Waals surface area contributed by atoms with Crippen molar-refractivity contribution in [2.24, 2.45) is 5.73 Å². The highest BCUT2D eigenvalue weighted by atomic mass is 79.9. The lowest BCUT2D eigenvalue weighted by molar-refractivity contribution is 0.297. The first-order valence-corrected chi connectivity index (χ1v) is 6.18. The Labute approximate surface area is 108 Å². The summed E-state index contributed by atoms with van der Waals surface area (Å²) in [6.45, 7) is 1.05. The van der Waals surface area contributed by atoms with Gasteiger partial charge in [-0.05, 0) is 24.7 Å². The lowest BCUT2D eigenvalue weighted by atomic mass is 10.3. The molecule has 0 aliphatic rings. The monoisotopic (exact) mass is 295 g/mol. The minimum atomic E-state index is 0.432. The summed E-state index contributed by atoms with van der Waals surface area (Å²) in [6, 6.07) is 7.72. The van der Waals surface area contributed by atoms with E-state index in [1.54, 1.807) is 6.20 Å². The maximum atomic E-state index is 5.61. The standard InChI is InChI=1S/C12H14BrN3O/c13-9-2-1-3-11(6-9)17-8-12-15-7-10(16-12)4-5-14/h1-3,6-7H,4-5,8,14H2,(H,15,16). The smallest absolute Gasteiger partial charge is 0.146 e. The van der Waals surface area contributed by atoms with Gasteiger partial charge < -0.3 is 15.5 Å². The largest absolute Gasteiger partial charge is 0.486 e. The number of aromatic amines is 1. The number of ether oxygens (including phenoxy) is 1. The SMILES string of the molecule is NCCc1cnc(COc2cccc(Br)c2)[nH]1. The van der Waals surface area contributed by atoms with Gasteiger partial charge in [-0.1, -0.05) is 22.0 Å². The van der Waals surface area contributed by atoms with E-state index in [0.717, 1.165) is 28.2 Å². The molecule has 0 unspecified atom stereocenters. The Bertz CT molecular complexity index is 484. The Morgan fingerprint density at radius 1 is 1.41 bits per heavy atom. The van der Waals surface area contributed by atoms with Gasteiger partial charge in [-0.15, -0.1) is 0 Å². The number of nitrogens with zero attached hydrogens (tertiary/aromatic N) is 1. The first-order valence-electron chi connectivity index (χ1n) is 5.39. The lowest BCUT2D eigenvalue weighted by Crippen LogP contribution is -2.03. The third-order valence-electron chi connectivity index (χ3n) is 2.27. The highest BCUT2D eigenvalue weighted by Crippen LogP contribution is 2.18. The van der Waals surface area contributed by atoms with Gasteiger partial charge >= 0.3 is 0 Å². The van der Waals surface area contributed by atoms with Crippen LogP contribution in [-0.4, -0.2) is 16.5 Å². The maximum Gasteiger partial charge on any atom is 0.146 e. The van der Waals surface area contributed by atoms with Gasteiger partial charge in [0.25, 0.3) is 0 Å². The second kappa shape index (κ2) is 5.84. The number of halogens is 1. The molecule has 0 aliphatic carbocycles. The van der Waals surface area contributed by atoms with Gasteiger partial charge in [0.2, 0.25) is 0 Å². The van der Waals surface area contributed by atoms with E-state index in [4.69, 9.17) is 10.5 Å². The Morgan fingerprint density at radius 3 is 3.06 bits per heavy atom. The van der Waals surface area contributed by atoms with Crippen LogP contribution in [-0.2, 0) is 13.0 Å². The van der Waals surface area contributed by atoms with Gasteiger partial charge in [0.15, 0.2) is 0 Å². The summed E-state index contributed by atoms with van der Waals surface area (Å²) in [5.74, 6) is 1.63. The third kappa shape index (κ3) is 3.57. The average Bonchev–Trinajstić information content (AvgIpc) is 2.75. The quantitative estimate of drug-likeness (QED) is 0.889. The molecule has 0 saturated heterocycles. The van der Waals surface area contributed by atoms with Crippen LogP contribution < -0.4 is 10.5 Å². The molecule has 2 aromatic rings. The Kier molecular flexibility index (Phi) is 4.17. The van der Waals surface area contributed by atoms with Crippen LogP contribution in [0.5, 0.6) is 5.75 Å². The van der Waals surface area contributed by atoms with Crippen LogP contribution in [0, 0.1) is 0 Å². The molecule has 90 valence electrons. The number of nitrogens with one attached hydrogen (secondary N) is 1. The summed E-state index contributed by atoms with van der Waals surface area (Å²) >= 11 is 3.40. The molecular weight excluding hydrogens is 282 g/mol. The Morgan fingerprint density at radius 2 is 2.29 bits per heavy atom. The highest BCUT2D eigenvalue weighted by molar-refractivity contribution is 9.10. The second-order valence-corrected chi connectivity index (χ2v) is 4.56. The van der Waals surface area contributed by atoms with E-state index in [1.165, 1.54) is 0 Å². The topological polar surface area (TPSA) is 63.9 Å². The van der Waals surface area contributed by atoms with Crippen LogP contribution in [0.1, 0.15) is 11.5 Å². The highest BCUT2D eigenvalue weighted by Gasteiger charge is 2.01. The molecule has 0 aliphatic heterocycles. The summed E-state index contributed by atoms with van der Waals surface area (Å²) < 4.78 is 6.61. The fraction of sp³-hybridized carbons (Fsp3) is 0.250. The molecular formula is C12H14BrN3O. The van der Waals surface area contributed by atoms with Crippen molar-refractivity contribution in [3.05, 3.63) is 46.5 Å². The van der Waals surface area contributed by atoms with Gasteiger partial charge in [0.05, 0.1) is 0 Å². The minimum absolute atomic E-state index is 0.432. The van der Waals surface area contributed by atoms with E-state index in [9.17, 15) is 0 Å². The van der Waals surface area contributed by atoms with Crippen LogP contribution in [0.4, 0.5) is 0 Å². The van der Waals surface area contributed by atoms with Crippen molar-refractivity contribution in [3.63, 3.8) is 0 Å². The molecule has 2 rings (SSSR count). The van der Waals surface area contributed by atoms with E-state index in [2.05, 4.69) is 25.9 Å². The number of hydrogen-bond donors (Lipinski definition) is 2. The number of H-pyrrole nitrogens is 1. The fourth-order valence-corrected chi connectivity index (χ4v) is 1.85. The van der Waals surface area contributed by atoms with E-state index in [-0.39, 0.29) is 0 Å². The van der Waals surface area contributed by atoms with Gasteiger partial charge in [0, 0.05) is 22.8 Å². The maximum absolute atomic E-state index is 5.61. The van der Waals surface area contributed by atoms with Crippen molar-refractivity contribution in [3.8, 4) is 5.75 Å². The normalized spacial score (nSPS) is 10.5. The number of hydrogen-bond acceptors (Lipinski definition) is 3. The summed E-state index contributed by atoms with van der Waals surface area (Å²) in [5.41, 5.74) is 6.51. The summed E-state index contributed by atoms with van der Waals surface area (Å²) in [6.07, 6.45) is 2.61. The molecule has 0 amide bonds. The van der Waals surface area contributed by atoms with Crippen LogP contribution in [0.15, 0.2) is 34.9 Å². The van der Waals surface area contributed by atoms with E-state index >= 15 is 0 Å². The van der Waals surface area contributed by atoms with Crippen molar-refractivity contribution >= 4 is 15.9 Å². The van der Waals surface area contributed by atoms with Gasteiger partial charge in [0.1, 0.15) is 18.2 Å².